The van der Waals surface area contributed by atoms with E-state index in [9.17, 15) is 10.4 Å². The van der Waals surface area contributed by atoms with Crippen molar-refractivity contribution in [2.24, 2.45) is 0 Å². The second kappa shape index (κ2) is 6.06. The molecule has 2 aromatic heterocycles. The van der Waals surface area contributed by atoms with E-state index >= 15 is 0 Å². The fourth-order valence-corrected chi connectivity index (χ4v) is 3.93. The average molecular weight is 368 g/mol. The largest absolute Gasteiger partial charge is 0.507 e. The lowest BCUT2D eigenvalue weighted by atomic mass is 10.1. The van der Waals surface area contributed by atoms with Gasteiger partial charge in [0.25, 0.3) is 0 Å². The van der Waals surface area contributed by atoms with Crippen molar-refractivity contribution in [3.63, 3.8) is 0 Å². The van der Waals surface area contributed by atoms with E-state index in [1.165, 1.54) is 23.5 Å². The Balaban J connectivity index is 1.69. The van der Waals surface area contributed by atoms with Gasteiger partial charge in [-0.25, -0.2) is 14.6 Å². The number of anilines is 1. The Kier molecular flexibility index (Phi) is 3.52. The Morgan fingerprint density at radius 3 is 2.57 bits per heavy atom. The van der Waals surface area contributed by atoms with Crippen LogP contribution in [-0.2, 0) is 12.8 Å². The Morgan fingerprint density at radius 2 is 1.86 bits per heavy atom. The van der Waals surface area contributed by atoms with Crippen LogP contribution in [0.1, 0.15) is 22.7 Å². The number of aromatic nitrogens is 4. The Labute approximate surface area is 160 Å². The number of nitrogens with zero attached hydrogens (tertiary/aromatic N) is 5. The summed E-state index contributed by atoms with van der Waals surface area (Å²) in [4.78, 5) is 8.58. The molecule has 2 heterocycles. The third-order valence-electron chi connectivity index (χ3n) is 5.28. The molecule has 0 atom stereocenters. The first kappa shape index (κ1) is 16.3. The van der Waals surface area contributed by atoms with Gasteiger partial charge in [-0.05, 0) is 42.2 Å². The highest BCUT2D eigenvalue weighted by molar-refractivity contribution is 5.98. The molecular formula is C21H16N6O. The van der Waals surface area contributed by atoms with E-state index in [2.05, 4.69) is 22.1 Å². The molecule has 1 aliphatic rings. The normalized spacial score (nSPS) is 13.5. The molecule has 0 aliphatic heterocycles. The van der Waals surface area contributed by atoms with Crippen molar-refractivity contribution in [3.05, 3.63) is 65.5 Å². The summed E-state index contributed by atoms with van der Waals surface area (Å²) in [5, 5.41) is 24.6. The van der Waals surface area contributed by atoms with Crippen LogP contribution < -0.4 is 5.73 Å². The van der Waals surface area contributed by atoms with E-state index in [0.29, 0.717) is 28.1 Å². The highest BCUT2D eigenvalue weighted by atomic mass is 16.3. The van der Waals surface area contributed by atoms with Crippen molar-refractivity contribution in [3.8, 4) is 23.1 Å². The zero-order chi connectivity index (χ0) is 19.3. The van der Waals surface area contributed by atoms with Crippen LogP contribution in [-0.4, -0.2) is 24.9 Å². The molecule has 1 aliphatic carbocycles. The van der Waals surface area contributed by atoms with Crippen molar-refractivity contribution >= 4 is 16.9 Å². The van der Waals surface area contributed by atoms with Gasteiger partial charge in [0.15, 0.2) is 5.65 Å². The number of nitriles is 1. The average Bonchev–Trinajstić information content (AvgIpc) is 3.30. The van der Waals surface area contributed by atoms with Crippen molar-refractivity contribution in [2.75, 3.05) is 5.73 Å². The summed E-state index contributed by atoms with van der Waals surface area (Å²) >= 11 is 0. The van der Waals surface area contributed by atoms with E-state index in [0.717, 1.165) is 12.8 Å². The fourth-order valence-electron chi connectivity index (χ4n) is 3.93. The Hall–Kier alpha value is -3.92. The third-order valence-corrected chi connectivity index (χ3v) is 5.28. The number of hydrogen-bond acceptors (Lipinski definition) is 6. The third kappa shape index (κ3) is 2.39. The van der Waals surface area contributed by atoms with Crippen LogP contribution in [0.4, 0.5) is 5.82 Å². The summed E-state index contributed by atoms with van der Waals surface area (Å²) in [5.74, 6) is 0.277. The van der Waals surface area contributed by atoms with Gasteiger partial charge in [0.05, 0.1) is 17.0 Å². The van der Waals surface area contributed by atoms with Crippen molar-refractivity contribution < 1.29 is 5.11 Å². The molecule has 7 heteroatoms. The topological polar surface area (TPSA) is 114 Å². The minimum absolute atomic E-state index is 0.0644. The van der Waals surface area contributed by atoms with Crippen LogP contribution in [0.5, 0.6) is 5.75 Å². The van der Waals surface area contributed by atoms with Gasteiger partial charge in [-0.3, -0.25) is 0 Å². The molecule has 0 saturated heterocycles. The van der Waals surface area contributed by atoms with Crippen molar-refractivity contribution in [2.45, 2.75) is 18.9 Å². The van der Waals surface area contributed by atoms with Crippen LogP contribution in [0.3, 0.4) is 0 Å². The van der Waals surface area contributed by atoms with Crippen LogP contribution >= 0.6 is 0 Å². The van der Waals surface area contributed by atoms with E-state index in [1.54, 1.807) is 12.1 Å². The van der Waals surface area contributed by atoms with Crippen LogP contribution in [0, 0.1) is 11.3 Å². The highest BCUT2D eigenvalue weighted by Gasteiger charge is 2.27. The predicted molar refractivity (Wildman–Crippen MR) is 104 cm³/mol. The molecule has 136 valence electrons. The van der Waals surface area contributed by atoms with E-state index in [-0.39, 0.29) is 17.4 Å². The maximum absolute atomic E-state index is 9.83. The lowest BCUT2D eigenvalue weighted by Crippen LogP contribution is -2.11. The zero-order valence-corrected chi connectivity index (χ0v) is 14.9. The molecule has 0 bridgehead atoms. The summed E-state index contributed by atoms with van der Waals surface area (Å²) < 4.78 is 1.92. The standard InChI is InChI=1S/C21H16N6O/c22-10-15-7-14(5-6-17(15)28)19-18-20(23)24-11-25-21(18)27(26-19)16-8-12-3-1-2-4-13(12)9-16/h1-7,11,16,28H,8-9H2,(H2,23,24,25). The molecule has 5 rings (SSSR count). The number of hydrogen-bond donors (Lipinski definition) is 2. The van der Waals surface area contributed by atoms with Crippen molar-refractivity contribution in [1.82, 2.24) is 19.7 Å². The van der Waals surface area contributed by atoms with Gasteiger partial charge in [-0.1, -0.05) is 24.3 Å². The molecule has 7 nitrogen and oxygen atoms in total. The monoisotopic (exact) mass is 368 g/mol. The van der Waals surface area contributed by atoms with Gasteiger partial charge in [0.1, 0.15) is 29.7 Å². The summed E-state index contributed by atoms with van der Waals surface area (Å²) in [5.41, 5.74) is 11.0. The Morgan fingerprint density at radius 1 is 1.11 bits per heavy atom. The molecule has 0 fully saturated rings. The summed E-state index contributed by atoms with van der Waals surface area (Å²) in [7, 11) is 0. The number of rotatable bonds is 2. The fraction of sp³-hybridized carbons (Fsp3) is 0.143. The van der Waals surface area contributed by atoms with Crippen LogP contribution in [0.15, 0.2) is 48.8 Å². The lowest BCUT2D eigenvalue weighted by molar-refractivity contribution is 0.473. The lowest BCUT2D eigenvalue weighted by Gasteiger charge is -2.10. The first-order valence-electron chi connectivity index (χ1n) is 8.94. The van der Waals surface area contributed by atoms with Gasteiger partial charge in [0.2, 0.25) is 0 Å². The maximum Gasteiger partial charge on any atom is 0.164 e. The number of benzene rings is 2. The zero-order valence-electron chi connectivity index (χ0n) is 14.9. The van der Waals surface area contributed by atoms with Crippen molar-refractivity contribution in [1.29, 1.82) is 5.26 Å². The minimum atomic E-state index is -0.0644. The van der Waals surface area contributed by atoms with Gasteiger partial charge >= 0.3 is 0 Å². The number of fused-ring (bicyclic) bond motifs is 2. The molecule has 3 N–H and O–H groups in total. The first-order chi connectivity index (χ1) is 13.7. The molecule has 0 saturated carbocycles. The SMILES string of the molecule is N#Cc1cc(-c2nn(C3Cc4ccccc4C3)c3ncnc(N)c23)ccc1O. The van der Waals surface area contributed by atoms with E-state index in [4.69, 9.17) is 10.8 Å². The molecule has 2 aromatic carbocycles. The minimum Gasteiger partial charge on any atom is -0.507 e. The molecular weight excluding hydrogens is 352 g/mol. The molecule has 0 unspecified atom stereocenters. The molecule has 0 spiro atoms. The van der Waals surface area contributed by atoms with Crippen LogP contribution in [0.25, 0.3) is 22.3 Å². The van der Waals surface area contributed by atoms with Gasteiger partial charge < -0.3 is 10.8 Å². The van der Waals surface area contributed by atoms with Gasteiger partial charge in [0, 0.05) is 5.56 Å². The second-order valence-electron chi connectivity index (χ2n) is 6.93. The Bertz CT molecular complexity index is 1240. The number of phenols is 1. The summed E-state index contributed by atoms with van der Waals surface area (Å²) in [6.45, 7) is 0. The van der Waals surface area contributed by atoms with Gasteiger partial charge in [-0.2, -0.15) is 10.4 Å². The number of phenolic OH excluding ortho intramolecular Hbond substituents is 1. The number of nitrogen functional groups attached to an aromatic ring is 1. The molecule has 0 radical (unpaired) electrons. The smallest absolute Gasteiger partial charge is 0.164 e. The number of aromatic hydroxyl groups is 1. The maximum atomic E-state index is 9.83. The summed E-state index contributed by atoms with van der Waals surface area (Å²) in [6, 6.07) is 15.3. The second-order valence-corrected chi connectivity index (χ2v) is 6.93. The summed E-state index contributed by atoms with van der Waals surface area (Å²) in [6.07, 6.45) is 3.18. The first-order valence-corrected chi connectivity index (χ1v) is 8.94. The van der Waals surface area contributed by atoms with E-state index < -0.39 is 0 Å². The molecule has 0 amide bonds. The van der Waals surface area contributed by atoms with Gasteiger partial charge in [-0.15, -0.1) is 0 Å². The quantitative estimate of drug-likeness (QED) is 0.562. The number of nitrogens with two attached hydrogens (primary N) is 1. The highest BCUT2D eigenvalue weighted by Crippen LogP contribution is 2.37. The van der Waals surface area contributed by atoms with Crippen LogP contribution in [0.2, 0.25) is 0 Å². The molecule has 28 heavy (non-hydrogen) atoms. The molecule has 4 aromatic rings. The van der Waals surface area contributed by atoms with E-state index in [1.807, 2.05) is 22.9 Å². The predicted octanol–water partition coefficient (Wildman–Crippen LogP) is 2.99.